The largest absolute Gasteiger partial charge is 0.444 e. The molecule has 0 aliphatic rings. The van der Waals surface area contributed by atoms with Gasteiger partial charge in [-0.25, -0.2) is 4.79 Å². The highest BCUT2D eigenvalue weighted by Gasteiger charge is 2.18. The first-order valence-corrected chi connectivity index (χ1v) is 7.37. The molecule has 0 aromatic carbocycles. The number of amides is 1. The van der Waals surface area contributed by atoms with E-state index < -0.39 is 11.7 Å². The van der Waals surface area contributed by atoms with Crippen molar-refractivity contribution in [3.63, 3.8) is 0 Å². The van der Waals surface area contributed by atoms with Gasteiger partial charge in [-0.15, -0.1) is 11.3 Å². The Labute approximate surface area is 120 Å². The van der Waals surface area contributed by atoms with Crippen LogP contribution < -0.4 is 10.6 Å². The first-order valence-electron chi connectivity index (χ1n) is 5.70. The summed E-state index contributed by atoms with van der Waals surface area (Å²) in [6, 6.07) is 2.14. The first kappa shape index (κ1) is 15.5. The average Bonchev–Trinajstić information content (AvgIpc) is 2.63. The molecule has 0 aliphatic heterocycles. The van der Waals surface area contributed by atoms with E-state index in [1.165, 1.54) is 4.88 Å². The molecule has 18 heavy (non-hydrogen) atoms. The van der Waals surface area contributed by atoms with Crippen LogP contribution in [0.2, 0.25) is 0 Å². The second-order valence-corrected chi connectivity index (χ2v) is 6.75. The van der Waals surface area contributed by atoms with Gasteiger partial charge in [0.05, 0.1) is 6.04 Å². The molecule has 1 unspecified atom stereocenters. The number of likely N-dealkylation sites (N-methyl/N-ethyl adjacent to an activating group) is 1. The van der Waals surface area contributed by atoms with E-state index in [1.54, 1.807) is 11.3 Å². The van der Waals surface area contributed by atoms with E-state index in [0.717, 1.165) is 4.47 Å². The van der Waals surface area contributed by atoms with E-state index >= 15 is 0 Å². The number of hydrogen-bond acceptors (Lipinski definition) is 4. The molecule has 0 aliphatic carbocycles. The standard InChI is InChI=1S/C12H19BrN2O2S/c1-12(2,3)17-11(16)15-6-9(14-4)10-5-8(13)7-18-10/h5,7,9,14H,6H2,1-4H3,(H,15,16). The molecule has 1 rings (SSSR count). The molecule has 1 heterocycles. The molecule has 0 radical (unpaired) electrons. The molecule has 1 amide bonds. The fraction of sp³-hybridized carbons (Fsp3) is 0.583. The highest BCUT2D eigenvalue weighted by atomic mass is 79.9. The quantitative estimate of drug-likeness (QED) is 0.888. The van der Waals surface area contributed by atoms with Crippen LogP contribution >= 0.6 is 27.3 Å². The van der Waals surface area contributed by atoms with Gasteiger partial charge in [0.1, 0.15) is 5.60 Å². The van der Waals surface area contributed by atoms with Crippen molar-refractivity contribution >= 4 is 33.4 Å². The van der Waals surface area contributed by atoms with Crippen LogP contribution in [0.4, 0.5) is 4.79 Å². The lowest BCUT2D eigenvalue weighted by Gasteiger charge is -2.21. The fourth-order valence-corrected chi connectivity index (χ4v) is 2.91. The predicted octanol–water partition coefficient (Wildman–Crippen LogP) is 3.30. The molecule has 102 valence electrons. The fourth-order valence-electron chi connectivity index (χ4n) is 1.36. The van der Waals surface area contributed by atoms with Crippen LogP contribution in [0.15, 0.2) is 15.9 Å². The zero-order chi connectivity index (χ0) is 13.8. The highest BCUT2D eigenvalue weighted by molar-refractivity contribution is 9.10. The third-order valence-electron chi connectivity index (χ3n) is 2.13. The van der Waals surface area contributed by atoms with Gasteiger partial charge in [0.25, 0.3) is 0 Å². The lowest BCUT2D eigenvalue weighted by molar-refractivity contribution is 0.0523. The Morgan fingerprint density at radius 3 is 2.67 bits per heavy atom. The van der Waals surface area contributed by atoms with Gasteiger partial charge >= 0.3 is 6.09 Å². The van der Waals surface area contributed by atoms with Gasteiger partial charge in [0, 0.05) is 21.3 Å². The van der Waals surface area contributed by atoms with Crippen LogP contribution in [0, 0.1) is 0 Å². The zero-order valence-electron chi connectivity index (χ0n) is 11.0. The van der Waals surface area contributed by atoms with Gasteiger partial charge in [-0.2, -0.15) is 0 Å². The maximum absolute atomic E-state index is 11.5. The lowest BCUT2D eigenvalue weighted by Crippen LogP contribution is -2.37. The van der Waals surface area contributed by atoms with Crippen molar-refractivity contribution in [3.8, 4) is 0 Å². The first-order chi connectivity index (χ1) is 8.31. The van der Waals surface area contributed by atoms with E-state index in [4.69, 9.17) is 4.74 Å². The SMILES string of the molecule is CNC(CNC(=O)OC(C)(C)C)c1cc(Br)cs1. The minimum Gasteiger partial charge on any atom is -0.444 e. The minimum atomic E-state index is -0.467. The molecule has 2 N–H and O–H groups in total. The van der Waals surface area contributed by atoms with Crippen molar-refractivity contribution in [2.24, 2.45) is 0 Å². The Kier molecular flexibility index (Phi) is 5.62. The molecule has 6 heteroatoms. The monoisotopic (exact) mass is 334 g/mol. The maximum atomic E-state index is 11.5. The van der Waals surface area contributed by atoms with Crippen LogP contribution in [0.5, 0.6) is 0 Å². The molecule has 0 bridgehead atoms. The van der Waals surface area contributed by atoms with Crippen molar-refractivity contribution in [2.45, 2.75) is 32.4 Å². The molecule has 1 atom stereocenters. The number of hydrogen-bond donors (Lipinski definition) is 2. The van der Waals surface area contributed by atoms with Crippen LogP contribution in [0.1, 0.15) is 31.7 Å². The summed E-state index contributed by atoms with van der Waals surface area (Å²) in [5.74, 6) is 0. The lowest BCUT2D eigenvalue weighted by atomic mass is 10.2. The normalized spacial score (nSPS) is 13.2. The molecule has 4 nitrogen and oxygen atoms in total. The Balaban J connectivity index is 2.48. The maximum Gasteiger partial charge on any atom is 0.407 e. The summed E-state index contributed by atoms with van der Waals surface area (Å²) >= 11 is 5.07. The number of carbonyl (C=O) groups is 1. The van der Waals surface area contributed by atoms with E-state index in [0.29, 0.717) is 6.54 Å². The molecule has 0 fully saturated rings. The van der Waals surface area contributed by atoms with E-state index in [1.807, 2.05) is 39.3 Å². The summed E-state index contributed by atoms with van der Waals surface area (Å²) in [5, 5.41) is 7.96. The summed E-state index contributed by atoms with van der Waals surface area (Å²) in [4.78, 5) is 12.7. The number of alkyl carbamates (subject to hydrolysis) is 1. The summed E-state index contributed by atoms with van der Waals surface area (Å²) in [5.41, 5.74) is -0.467. The molecule has 0 saturated carbocycles. The molecule has 1 aromatic heterocycles. The summed E-state index contributed by atoms with van der Waals surface area (Å²) in [6.07, 6.45) is -0.390. The van der Waals surface area contributed by atoms with Gasteiger partial charge in [-0.3, -0.25) is 0 Å². The smallest absolute Gasteiger partial charge is 0.407 e. The van der Waals surface area contributed by atoms with Crippen molar-refractivity contribution in [2.75, 3.05) is 13.6 Å². The molecule has 0 spiro atoms. The van der Waals surface area contributed by atoms with Gasteiger partial charge in [0.2, 0.25) is 0 Å². The zero-order valence-corrected chi connectivity index (χ0v) is 13.4. The number of carbonyl (C=O) groups excluding carboxylic acids is 1. The Hall–Kier alpha value is -0.590. The van der Waals surface area contributed by atoms with E-state index in [9.17, 15) is 4.79 Å². The molecule has 0 saturated heterocycles. The van der Waals surface area contributed by atoms with Gasteiger partial charge in [0.15, 0.2) is 0 Å². The number of ether oxygens (including phenoxy) is 1. The van der Waals surface area contributed by atoms with Gasteiger partial charge in [-0.1, -0.05) is 0 Å². The Bertz CT molecular complexity index is 401. The average molecular weight is 335 g/mol. The van der Waals surface area contributed by atoms with E-state index in [2.05, 4.69) is 26.6 Å². The van der Waals surface area contributed by atoms with E-state index in [-0.39, 0.29) is 6.04 Å². The third-order valence-corrected chi connectivity index (χ3v) is 3.94. The number of thiophene rings is 1. The number of rotatable bonds is 4. The highest BCUT2D eigenvalue weighted by Crippen LogP contribution is 2.25. The van der Waals surface area contributed by atoms with Gasteiger partial charge < -0.3 is 15.4 Å². The molecular weight excluding hydrogens is 316 g/mol. The Morgan fingerprint density at radius 1 is 1.56 bits per heavy atom. The van der Waals surface area contributed by atoms with Crippen LogP contribution in [-0.2, 0) is 4.74 Å². The third kappa shape index (κ3) is 5.37. The van der Waals surface area contributed by atoms with Crippen molar-refractivity contribution in [3.05, 3.63) is 20.8 Å². The topological polar surface area (TPSA) is 50.4 Å². The second-order valence-electron chi connectivity index (χ2n) is 4.89. The molecular formula is C12H19BrN2O2S. The van der Waals surface area contributed by atoms with Crippen LogP contribution in [0.25, 0.3) is 0 Å². The predicted molar refractivity (Wildman–Crippen MR) is 78.1 cm³/mol. The Morgan fingerprint density at radius 2 is 2.22 bits per heavy atom. The molecule has 1 aromatic rings. The number of halogens is 1. The second kappa shape index (κ2) is 6.54. The van der Waals surface area contributed by atoms with Gasteiger partial charge in [-0.05, 0) is 49.8 Å². The van der Waals surface area contributed by atoms with Crippen LogP contribution in [0.3, 0.4) is 0 Å². The summed E-state index contributed by atoms with van der Waals surface area (Å²) < 4.78 is 6.25. The summed E-state index contributed by atoms with van der Waals surface area (Å²) in [6.45, 7) is 6.04. The van der Waals surface area contributed by atoms with Crippen molar-refractivity contribution in [1.29, 1.82) is 0 Å². The minimum absolute atomic E-state index is 0.0915. The van der Waals surface area contributed by atoms with Crippen molar-refractivity contribution < 1.29 is 9.53 Å². The van der Waals surface area contributed by atoms with Crippen molar-refractivity contribution in [1.82, 2.24) is 10.6 Å². The number of nitrogens with one attached hydrogen (secondary N) is 2. The van der Waals surface area contributed by atoms with Crippen LogP contribution in [-0.4, -0.2) is 25.3 Å². The summed E-state index contributed by atoms with van der Waals surface area (Å²) in [7, 11) is 1.87.